The third kappa shape index (κ3) is 6.22. The van der Waals surface area contributed by atoms with Crippen LogP contribution in [0.25, 0.3) is 0 Å². The molecule has 10 heteroatoms. The zero-order valence-electron chi connectivity index (χ0n) is 20.3. The molecule has 1 unspecified atom stereocenters. The van der Waals surface area contributed by atoms with Gasteiger partial charge in [0.25, 0.3) is 5.91 Å². The minimum absolute atomic E-state index is 0. The van der Waals surface area contributed by atoms with E-state index in [9.17, 15) is 14.4 Å². The van der Waals surface area contributed by atoms with Crippen LogP contribution < -0.4 is 27.4 Å². The lowest BCUT2D eigenvalue weighted by Crippen LogP contribution is -3.12. The third-order valence-corrected chi connectivity index (χ3v) is 6.61. The average molecular weight is 518 g/mol. The second kappa shape index (κ2) is 12.8. The summed E-state index contributed by atoms with van der Waals surface area (Å²) in [6.45, 7) is 5.43. The molecule has 2 saturated heterocycles. The van der Waals surface area contributed by atoms with Crippen LogP contribution in [0.3, 0.4) is 0 Å². The van der Waals surface area contributed by atoms with Crippen LogP contribution >= 0.6 is 0 Å². The first-order valence-corrected chi connectivity index (χ1v) is 11.9. The Morgan fingerprint density at radius 3 is 2.44 bits per heavy atom. The molecule has 0 radical (unpaired) electrons. The number of hydrogen-bond donors (Lipinski definition) is 3. The molecule has 0 saturated carbocycles. The second-order valence-corrected chi connectivity index (χ2v) is 8.83. The van der Waals surface area contributed by atoms with Gasteiger partial charge in [0.1, 0.15) is 38.0 Å². The lowest BCUT2D eigenvalue weighted by atomic mass is 10.0. The van der Waals surface area contributed by atoms with Gasteiger partial charge in [-0.15, -0.1) is 0 Å². The van der Waals surface area contributed by atoms with E-state index < -0.39 is 11.9 Å². The van der Waals surface area contributed by atoms with Crippen molar-refractivity contribution in [3.63, 3.8) is 0 Å². The van der Waals surface area contributed by atoms with Gasteiger partial charge in [-0.05, 0) is 24.1 Å². The van der Waals surface area contributed by atoms with E-state index in [1.165, 1.54) is 10.5 Å². The van der Waals surface area contributed by atoms with E-state index in [1.54, 1.807) is 17.0 Å². The number of amides is 3. The summed E-state index contributed by atoms with van der Waals surface area (Å²) in [6.07, 6.45) is 0.585. The van der Waals surface area contributed by atoms with E-state index in [1.807, 2.05) is 6.07 Å². The van der Waals surface area contributed by atoms with Crippen molar-refractivity contribution in [2.24, 2.45) is 0 Å². The topological polar surface area (TPSA) is 110 Å². The van der Waals surface area contributed by atoms with Crippen LogP contribution in [-0.2, 0) is 34.0 Å². The number of rotatable bonds is 6. The van der Waals surface area contributed by atoms with E-state index >= 15 is 0 Å². The fraction of sp³-hybridized carbons (Fsp3) is 0.423. The maximum absolute atomic E-state index is 12.9. The molecule has 0 aromatic heterocycles. The normalized spacial score (nSPS) is 19.6. The molecule has 9 nitrogen and oxygen atoms in total. The van der Waals surface area contributed by atoms with Gasteiger partial charge >= 0.3 is 0 Å². The Kier molecular flexibility index (Phi) is 9.83. The molecule has 2 fully saturated rings. The molecule has 2 aromatic rings. The summed E-state index contributed by atoms with van der Waals surface area (Å²) >= 11 is 0. The SMILES string of the molecule is CO.O=C1CCC(N2Cc3c(OCc4ccc(C[NH+]5CCOCC5)cc4)cccc3C2=O)C(=O)N1.[Cl-]. The number of morpholine rings is 1. The van der Waals surface area contributed by atoms with E-state index in [2.05, 4.69) is 29.6 Å². The van der Waals surface area contributed by atoms with Crippen molar-refractivity contribution in [1.82, 2.24) is 10.2 Å². The predicted octanol–water partition coefficient (Wildman–Crippen LogP) is -2.95. The van der Waals surface area contributed by atoms with Crippen LogP contribution in [0.1, 0.15) is 39.9 Å². The maximum Gasteiger partial charge on any atom is 0.255 e. The van der Waals surface area contributed by atoms with Gasteiger partial charge in [-0.1, -0.05) is 30.3 Å². The van der Waals surface area contributed by atoms with Crippen molar-refractivity contribution in [3.8, 4) is 5.75 Å². The number of carbonyl (C=O) groups excluding carboxylic acids is 3. The molecule has 2 aromatic carbocycles. The monoisotopic (exact) mass is 517 g/mol. The molecule has 3 heterocycles. The molecular weight excluding hydrogens is 486 g/mol. The molecule has 0 bridgehead atoms. The van der Waals surface area contributed by atoms with Gasteiger partial charge in [0.05, 0.1) is 19.8 Å². The Hall–Kier alpha value is -2.98. The minimum Gasteiger partial charge on any atom is -1.00 e. The van der Waals surface area contributed by atoms with Gasteiger partial charge in [-0.25, -0.2) is 0 Å². The van der Waals surface area contributed by atoms with Crippen molar-refractivity contribution in [3.05, 3.63) is 64.7 Å². The number of fused-ring (bicyclic) bond motifs is 1. The lowest BCUT2D eigenvalue weighted by molar-refractivity contribution is -0.921. The van der Waals surface area contributed by atoms with Crippen molar-refractivity contribution in [2.75, 3.05) is 33.4 Å². The standard InChI is InChI=1S/C25H27N3O5.CH4O.ClH/c29-23-9-8-21(24(30)26-23)28-15-20-19(25(28)31)2-1-3-22(20)33-16-18-6-4-17(5-7-18)14-27-10-12-32-13-11-27;1-2;/h1-7,21H,8-16H2,(H,26,29,30);2H,1H3;1H. The number of aliphatic hydroxyl groups excluding tert-OH is 1. The van der Waals surface area contributed by atoms with Gasteiger partial charge in [0.2, 0.25) is 11.8 Å². The zero-order valence-corrected chi connectivity index (χ0v) is 21.1. The van der Waals surface area contributed by atoms with Gasteiger partial charge in [0, 0.05) is 30.2 Å². The van der Waals surface area contributed by atoms with Crippen LogP contribution in [0, 0.1) is 0 Å². The van der Waals surface area contributed by atoms with Gasteiger partial charge < -0.3 is 36.8 Å². The largest absolute Gasteiger partial charge is 1.00 e. The van der Waals surface area contributed by atoms with Crippen LogP contribution in [0.2, 0.25) is 0 Å². The lowest BCUT2D eigenvalue weighted by Gasteiger charge is -2.29. The number of hydrogen-bond acceptors (Lipinski definition) is 6. The van der Waals surface area contributed by atoms with Gasteiger partial charge in [-0.3, -0.25) is 19.7 Å². The van der Waals surface area contributed by atoms with E-state index in [4.69, 9.17) is 14.6 Å². The van der Waals surface area contributed by atoms with Crippen molar-refractivity contribution in [2.45, 2.75) is 38.6 Å². The predicted molar refractivity (Wildman–Crippen MR) is 127 cm³/mol. The summed E-state index contributed by atoms with van der Waals surface area (Å²) in [6, 6.07) is 13.2. The average Bonchev–Trinajstić information content (AvgIpc) is 3.22. The van der Waals surface area contributed by atoms with Crippen LogP contribution in [0.15, 0.2) is 42.5 Å². The molecule has 0 spiro atoms. The molecule has 5 rings (SSSR count). The fourth-order valence-corrected chi connectivity index (χ4v) is 4.73. The maximum atomic E-state index is 12.9. The van der Waals surface area contributed by atoms with Crippen molar-refractivity contribution in [1.29, 1.82) is 0 Å². The Balaban J connectivity index is 0.00000117. The number of quaternary nitrogens is 1. The Bertz CT molecular complexity index is 1070. The molecule has 3 amide bonds. The van der Waals surface area contributed by atoms with Crippen LogP contribution in [0.5, 0.6) is 5.75 Å². The highest BCUT2D eigenvalue weighted by Gasteiger charge is 2.40. The van der Waals surface area contributed by atoms with Crippen molar-refractivity contribution < 1.29 is 46.3 Å². The van der Waals surface area contributed by atoms with E-state index in [0.717, 1.165) is 51.1 Å². The van der Waals surface area contributed by atoms with E-state index in [0.29, 0.717) is 30.9 Å². The summed E-state index contributed by atoms with van der Waals surface area (Å²) in [5, 5.41) is 9.33. The fourth-order valence-electron chi connectivity index (χ4n) is 4.73. The molecule has 3 aliphatic heterocycles. The number of nitrogens with one attached hydrogen (secondary N) is 2. The van der Waals surface area contributed by atoms with Crippen LogP contribution in [-0.4, -0.2) is 67.2 Å². The summed E-state index contributed by atoms with van der Waals surface area (Å²) in [5.41, 5.74) is 3.70. The summed E-state index contributed by atoms with van der Waals surface area (Å²) < 4.78 is 11.5. The summed E-state index contributed by atoms with van der Waals surface area (Å²) in [5.74, 6) is -0.243. The van der Waals surface area contributed by atoms with E-state index in [-0.39, 0.29) is 30.6 Å². The summed E-state index contributed by atoms with van der Waals surface area (Å²) in [7, 11) is 1.00. The minimum atomic E-state index is -0.628. The Morgan fingerprint density at radius 1 is 1.06 bits per heavy atom. The van der Waals surface area contributed by atoms with Crippen molar-refractivity contribution >= 4 is 17.7 Å². The van der Waals surface area contributed by atoms with Gasteiger partial charge in [-0.2, -0.15) is 0 Å². The molecule has 36 heavy (non-hydrogen) atoms. The number of nitrogens with zero attached hydrogens (tertiary/aromatic N) is 1. The summed E-state index contributed by atoms with van der Waals surface area (Å²) in [4.78, 5) is 39.8. The Morgan fingerprint density at radius 2 is 1.75 bits per heavy atom. The highest BCUT2D eigenvalue weighted by Crippen LogP contribution is 2.33. The highest BCUT2D eigenvalue weighted by molar-refractivity contribution is 6.05. The first kappa shape index (κ1) is 27.6. The highest BCUT2D eigenvalue weighted by atomic mass is 35.5. The molecular formula is C26H32ClN3O6. The number of benzene rings is 2. The zero-order chi connectivity index (χ0) is 24.8. The van der Waals surface area contributed by atoms with Gasteiger partial charge in [0.15, 0.2) is 0 Å². The number of piperidine rings is 1. The third-order valence-electron chi connectivity index (χ3n) is 6.61. The molecule has 3 aliphatic rings. The Labute approximate surface area is 216 Å². The molecule has 194 valence electrons. The number of ether oxygens (including phenoxy) is 2. The number of imide groups is 1. The molecule has 3 N–H and O–H groups in total. The molecule has 0 aliphatic carbocycles. The van der Waals surface area contributed by atoms with Crippen LogP contribution in [0.4, 0.5) is 0 Å². The first-order valence-electron chi connectivity index (χ1n) is 11.9. The molecule has 1 atom stereocenters. The number of carbonyl (C=O) groups is 3. The second-order valence-electron chi connectivity index (χ2n) is 8.83. The smallest absolute Gasteiger partial charge is 0.255 e. The first-order chi connectivity index (χ1) is 17.1. The number of halogens is 1. The quantitative estimate of drug-likeness (QED) is 0.354. The number of aliphatic hydroxyl groups is 1.